The highest BCUT2D eigenvalue weighted by Crippen LogP contribution is 2.22. The van der Waals surface area contributed by atoms with Crippen LogP contribution in [-0.2, 0) is 10.8 Å². The van der Waals surface area contributed by atoms with Gasteiger partial charge in [0.15, 0.2) is 5.78 Å². The average molecular weight is 279 g/mol. The average Bonchev–Trinajstić information content (AvgIpc) is 2.63. The molecule has 0 spiro atoms. The van der Waals surface area contributed by atoms with Crippen molar-refractivity contribution in [2.75, 3.05) is 5.75 Å². The lowest BCUT2D eigenvalue weighted by molar-refractivity contribution is 0.102. The minimum atomic E-state index is -1.10. The molecule has 0 aromatic carbocycles. The Labute approximate surface area is 107 Å². The van der Waals surface area contributed by atoms with Gasteiger partial charge in [-0.15, -0.1) is 11.3 Å². The Balaban J connectivity index is 2.62. The fourth-order valence-corrected chi connectivity index (χ4v) is 3.46. The van der Waals surface area contributed by atoms with Crippen LogP contribution >= 0.6 is 22.9 Å². The molecule has 0 aliphatic rings. The minimum absolute atomic E-state index is 0.0411. The molecule has 0 N–H and O–H groups in total. The molecule has 5 heteroatoms. The standard InChI is InChI=1S/C11H15ClO2S2/c1-7(2)8(3)16(14)6-9(13)10-4-5-11(12)15-10/h4-5,7-8H,6H2,1-3H3. The predicted octanol–water partition coefficient (Wildman–Crippen LogP) is 3.38. The van der Waals surface area contributed by atoms with Crippen LogP contribution in [0, 0.1) is 5.92 Å². The normalized spacial score (nSPS) is 15.1. The van der Waals surface area contributed by atoms with Gasteiger partial charge in [-0.3, -0.25) is 9.00 Å². The number of thiophene rings is 1. The fraction of sp³-hybridized carbons (Fsp3) is 0.545. The molecule has 0 radical (unpaired) electrons. The molecule has 1 aromatic heterocycles. The van der Waals surface area contributed by atoms with Gasteiger partial charge in [0.05, 0.1) is 15.0 Å². The van der Waals surface area contributed by atoms with Gasteiger partial charge in [0.1, 0.15) is 0 Å². The predicted molar refractivity (Wildman–Crippen MR) is 71.0 cm³/mol. The van der Waals surface area contributed by atoms with Crippen molar-refractivity contribution >= 4 is 39.5 Å². The molecule has 2 atom stereocenters. The highest BCUT2D eigenvalue weighted by molar-refractivity contribution is 7.86. The Hall–Kier alpha value is -0.190. The quantitative estimate of drug-likeness (QED) is 0.774. The van der Waals surface area contributed by atoms with Crippen molar-refractivity contribution in [3.8, 4) is 0 Å². The van der Waals surface area contributed by atoms with Crippen LogP contribution in [-0.4, -0.2) is 21.0 Å². The summed E-state index contributed by atoms with van der Waals surface area (Å²) in [5, 5.41) is 0.0411. The fourth-order valence-electron chi connectivity index (χ4n) is 1.10. The third-order valence-electron chi connectivity index (χ3n) is 2.47. The third-order valence-corrected chi connectivity index (χ3v) is 5.67. The van der Waals surface area contributed by atoms with E-state index >= 15 is 0 Å². The first-order chi connectivity index (χ1) is 7.41. The van der Waals surface area contributed by atoms with Crippen molar-refractivity contribution in [1.29, 1.82) is 0 Å². The highest BCUT2D eigenvalue weighted by Gasteiger charge is 2.19. The Morgan fingerprint density at radius 1 is 1.44 bits per heavy atom. The largest absolute Gasteiger partial charge is 0.292 e. The lowest BCUT2D eigenvalue weighted by Crippen LogP contribution is -2.23. The van der Waals surface area contributed by atoms with Crippen molar-refractivity contribution in [3.63, 3.8) is 0 Å². The number of halogens is 1. The number of hydrogen-bond donors (Lipinski definition) is 0. The Bertz CT molecular complexity index is 398. The monoisotopic (exact) mass is 278 g/mol. The molecule has 1 rings (SSSR count). The van der Waals surface area contributed by atoms with Crippen molar-refractivity contribution < 1.29 is 9.00 Å². The molecule has 0 saturated carbocycles. The number of rotatable bonds is 5. The summed E-state index contributed by atoms with van der Waals surface area (Å²) in [6.07, 6.45) is 0. The second kappa shape index (κ2) is 5.94. The smallest absolute Gasteiger partial charge is 0.185 e. The molecule has 90 valence electrons. The molecule has 1 aromatic rings. The Morgan fingerprint density at radius 3 is 2.50 bits per heavy atom. The molecule has 0 aliphatic carbocycles. The van der Waals surface area contributed by atoms with Crippen LogP contribution in [0.25, 0.3) is 0 Å². The van der Waals surface area contributed by atoms with Gasteiger partial charge in [-0.05, 0) is 18.1 Å². The summed E-state index contributed by atoms with van der Waals surface area (Å²) in [4.78, 5) is 12.3. The molecule has 0 bridgehead atoms. The minimum Gasteiger partial charge on any atom is -0.292 e. The molecule has 1 heterocycles. The van der Waals surface area contributed by atoms with E-state index in [4.69, 9.17) is 11.6 Å². The molecule has 0 fully saturated rings. The maximum atomic E-state index is 11.8. The Kier molecular flexibility index (Phi) is 5.15. The number of ketones is 1. The molecule has 0 saturated heterocycles. The lowest BCUT2D eigenvalue weighted by Gasteiger charge is -2.13. The number of carbonyl (C=O) groups excluding carboxylic acids is 1. The summed E-state index contributed by atoms with van der Waals surface area (Å²) in [7, 11) is -1.10. The van der Waals surface area contributed by atoms with Crippen LogP contribution in [0.5, 0.6) is 0 Å². The van der Waals surface area contributed by atoms with Gasteiger partial charge in [-0.25, -0.2) is 0 Å². The zero-order chi connectivity index (χ0) is 12.3. The van der Waals surface area contributed by atoms with E-state index in [-0.39, 0.29) is 16.8 Å². The van der Waals surface area contributed by atoms with Crippen LogP contribution in [0.4, 0.5) is 0 Å². The van der Waals surface area contributed by atoms with Gasteiger partial charge in [-0.2, -0.15) is 0 Å². The topological polar surface area (TPSA) is 34.1 Å². The van der Waals surface area contributed by atoms with E-state index in [2.05, 4.69) is 0 Å². The van der Waals surface area contributed by atoms with Gasteiger partial charge in [0.25, 0.3) is 0 Å². The van der Waals surface area contributed by atoms with E-state index in [9.17, 15) is 9.00 Å². The van der Waals surface area contributed by atoms with Gasteiger partial charge in [-0.1, -0.05) is 32.4 Å². The van der Waals surface area contributed by atoms with Crippen LogP contribution in [0.15, 0.2) is 12.1 Å². The van der Waals surface area contributed by atoms with Crippen molar-refractivity contribution in [2.24, 2.45) is 5.92 Å². The second-order valence-electron chi connectivity index (χ2n) is 4.00. The van der Waals surface area contributed by atoms with E-state index < -0.39 is 10.8 Å². The first-order valence-corrected chi connectivity index (χ1v) is 7.65. The first kappa shape index (κ1) is 13.9. The number of Topliss-reactive ketones (excluding diaryl/α,β-unsaturated/α-hetero) is 1. The van der Waals surface area contributed by atoms with Crippen molar-refractivity contribution in [1.82, 2.24) is 0 Å². The maximum absolute atomic E-state index is 11.8. The molecule has 0 aliphatic heterocycles. The molecule has 2 unspecified atom stereocenters. The highest BCUT2D eigenvalue weighted by atomic mass is 35.5. The van der Waals surface area contributed by atoms with E-state index in [1.807, 2.05) is 20.8 Å². The zero-order valence-electron chi connectivity index (χ0n) is 9.53. The van der Waals surface area contributed by atoms with E-state index in [1.54, 1.807) is 12.1 Å². The summed E-state index contributed by atoms with van der Waals surface area (Å²) < 4.78 is 12.4. The molecule has 0 amide bonds. The lowest BCUT2D eigenvalue weighted by atomic mass is 10.2. The molecular weight excluding hydrogens is 264 g/mol. The zero-order valence-corrected chi connectivity index (χ0v) is 11.9. The molecular formula is C11H15ClO2S2. The van der Waals surface area contributed by atoms with Crippen LogP contribution in [0.2, 0.25) is 4.34 Å². The summed E-state index contributed by atoms with van der Waals surface area (Å²) in [5.74, 6) is 0.333. The third kappa shape index (κ3) is 3.68. The van der Waals surface area contributed by atoms with Crippen LogP contribution < -0.4 is 0 Å². The summed E-state index contributed by atoms with van der Waals surface area (Å²) in [5.41, 5.74) is 0. The van der Waals surface area contributed by atoms with Crippen LogP contribution in [0.3, 0.4) is 0 Å². The van der Waals surface area contributed by atoms with E-state index in [1.165, 1.54) is 11.3 Å². The van der Waals surface area contributed by atoms with Crippen LogP contribution in [0.1, 0.15) is 30.4 Å². The number of hydrogen-bond acceptors (Lipinski definition) is 3. The maximum Gasteiger partial charge on any atom is 0.185 e. The Morgan fingerprint density at radius 2 is 2.06 bits per heavy atom. The summed E-state index contributed by atoms with van der Waals surface area (Å²) in [6, 6.07) is 3.38. The number of carbonyl (C=O) groups is 1. The van der Waals surface area contributed by atoms with Gasteiger partial charge in [0, 0.05) is 16.0 Å². The van der Waals surface area contributed by atoms with Gasteiger partial charge < -0.3 is 0 Å². The molecule has 2 nitrogen and oxygen atoms in total. The van der Waals surface area contributed by atoms with E-state index in [0.717, 1.165) is 0 Å². The first-order valence-electron chi connectivity index (χ1n) is 5.07. The summed E-state index contributed by atoms with van der Waals surface area (Å²) in [6.45, 7) is 5.93. The van der Waals surface area contributed by atoms with Crippen molar-refractivity contribution in [2.45, 2.75) is 26.0 Å². The van der Waals surface area contributed by atoms with Gasteiger partial charge in [0.2, 0.25) is 0 Å². The van der Waals surface area contributed by atoms with Gasteiger partial charge >= 0.3 is 0 Å². The van der Waals surface area contributed by atoms with E-state index in [0.29, 0.717) is 15.1 Å². The SMILES string of the molecule is CC(C)C(C)S(=O)CC(=O)c1ccc(Cl)s1. The second-order valence-corrected chi connectivity index (χ2v) is 7.51. The molecule has 16 heavy (non-hydrogen) atoms. The van der Waals surface area contributed by atoms with Crippen molar-refractivity contribution in [3.05, 3.63) is 21.3 Å². The summed E-state index contributed by atoms with van der Waals surface area (Å²) >= 11 is 6.98.